The average Bonchev–Trinajstić information content (AvgIpc) is 3.24. The summed E-state index contributed by atoms with van der Waals surface area (Å²) in [5.74, 6) is 0.647. The van der Waals surface area contributed by atoms with Crippen molar-refractivity contribution < 1.29 is 4.42 Å². The lowest BCUT2D eigenvalue weighted by Gasteiger charge is -2.05. The Bertz CT molecular complexity index is 1500. The van der Waals surface area contributed by atoms with Crippen LogP contribution in [0.15, 0.2) is 101 Å². The predicted molar refractivity (Wildman–Crippen MR) is 118 cm³/mol. The Morgan fingerprint density at radius 1 is 0.552 bits per heavy atom. The van der Waals surface area contributed by atoms with Crippen LogP contribution in [0.3, 0.4) is 0 Å². The van der Waals surface area contributed by atoms with E-state index in [9.17, 15) is 0 Å². The molecule has 2 heterocycles. The maximum Gasteiger partial charge on any atom is 0.227 e. The number of rotatable bonds is 2. The molecule has 136 valence electrons. The number of aromatic nitrogens is 2. The van der Waals surface area contributed by atoms with E-state index >= 15 is 0 Å². The minimum Gasteiger partial charge on any atom is -0.435 e. The van der Waals surface area contributed by atoms with Crippen LogP contribution in [0.5, 0.6) is 0 Å². The fraction of sp³-hybridized carbons (Fsp3) is 0. The SMILES string of the molecule is c1ccc(-c2nc3ccc4cc(-c5ccc6ccccc6n5)ccc4c3o2)cc1. The van der Waals surface area contributed by atoms with E-state index in [1.165, 1.54) is 0 Å². The second-order valence-corrected chi connectivity index (χ2v) is 7.12. The molecule has 29 heavy (non-hydrogen) atoms. The Morgan fingerprint density at radius 2 is 1.38 bits per heavy atom. The highest BCUT2D eigenvalue weighted by Gasteiger charge is 2.12. The van der Waals surface area contributed by atoms with Gasteiger partial charge in [0.25, 0.3) is 0 Å². The lowest BCUT2D eigenvalue weighted by molar-refractivity contribution is 0.623. The van der Waals surface area contributed by atoms with Crippen LogP contribution in [0.1, 0.15) is 0 Å². The van der Waals surface area contributed by atoms with Crippen molar-refractivity contribution in [2.75, 3.05) is 0 Å². The fourth-order valence-electron chi connectivity index (χ4n) is 3.80. The van der Waals surface area contributed by atoms with Gasteiger partial charge in [-0.3, -0.25) is 0 Å². The molecule has 3 heteroatoms. The largest absolute Gasteiger partial charge is 0.435 e. The zero-order valence-electron chi connectivity index (χ0n) is 15.5. The van der Waals surface area contributed by atoms with Crippen LogP contribution >= 0.6 is 0 Å². The fourth-order valence-corrected chi connectivity index (χ4v) is 3.80. The summed E-state index contributed by atoms with van der Waals surface area (Å²) < 4.78 is 6.14. The minimum absolute atomic E-state index is 0.647. The number of pyridine rings is 1. The molecule has 2 aromatic heterocycles. The third-order valence-corrected chi connectivity index (χ3v) is 5.29. The predicted octanol–water partition coefficient (Wildman–Crippen LogP) is 6.86. The molecule has 0 unspecified atom stereocenters. The van der Waals surface area contributed by atoms with Crippen LogP contribution in [0.25, 0.3) is 55.5 Å². The number of benzene rings is 4. The van der Waals surface area contributed by atoms with Crippen molar-refractivity contribution >= 4 is 32.8 Å². The second-order valence-electron chi connectivity index (χ2n) is 7.12. The molecular weight excluding hydrogens is 356 g/mol. The summed E-state index contributed by atoms with van der Waals surface area (Å²) in [5.41, 5.74) is 5.73. The van der Waals surface area contributed by atoms with Gasteiger partial charge in [0.2, 0.25) is 5.89 Å². The molecule has 0 radical (unpaired) electrons. The molecule has 6 aromatic rings. The van der Waals surface area contributed by atoms with E-state index in [-0.39, 0.29) is 0 Å². The molecule has 4 aromatic carbocycles. The topological polar surface area (TPSA) is 38.9 Å². The molecule has 0 fully saturated rings. The second kappa shape index (κ2) is 6.28. The summed E-state index contributed by atoms with van der Waals surface area (Å²) in [6.07, 6.45) is 0. The van der Waals surface area contributed by atoms with Crippen LogP contribution in [0.4, 0.5) is 0 Å². The van der Waals surface area contributed by atoms with E-state index in [1.807, 2.05) is 54.6 Å². The lowest BCUT2D eigenvalue weighted by atomic mass is 10.0. The van der Waals surface area contributed by atoms with E-state index in [0.29, 0.717) is 5.89 Å². The van der Waals surface area contributed by atoms with Gasteiger partial charge in [0.1, 0.15) is 5.52 Å². The van der Waals surface area contributed by atoms with Crippen LogP contribution in [0, 0.1) is 0 Å². The van der Waals surface area contributed by atoms with Crippen molar-refractivity contribution in [3.05, 3.63) is 97.1 Å². The maximum absolute atomic E-state index is 6.14. The number of nitrogens with zero attached hydrogens (tertiary/aromatic N) is 2. The first-order chi connectivity index (χ1) is 14.3. The Labute approximate surface area is 167 Å². The van der Waals surface area contributed by atoms with E-state index in [1.54, 1.807) is 0 Å². The Hall–Kier alpha value is -3.98. The lowest BCUT2D eigenvalue weighted by Crippen LogP contribution is -1.85. The van der Waals surface area contributed by atoms with Crippen LogP contribution in [-0.4, -0.2) is 9.97 Å². The molecular formula is C26H16N2O. The Kier molecular flexibility index (Phi) is 3.47. The van der Waals surface area contributed by atoms with Gasteiger partial charge in [-0.1, -0.05) is 54.6 Å². The number of fused-ring (bicyclic) bond motifs is 4. The molecule has 0 saturated heterocycles. The number of para-hydroxylation sites is 1. The van der Waals surface area contributed by atoms with Crippen molar-refractivity contribution in [2.24, 2.45) is 0 Å². The molecule has 0 aliphatic heterocycles. The van der Waals surface area contributed by atoms with E-state index in [2.05, 4.69) is 47.4 Å². The summed E-state index contributed by atoms with van der Waals surface area (Å²) in [6, 6.07) is 32.8. The van der Waals surface area contributed by atoms with Gasteiger partial charge in [-0.2, -0.15) is 0 Å². The molecule has 0 amide bonds. The highest BCUT2D eigenvalue weighted by atomic mass is 16.3. The first-order valence-corrected chi connectivity index (χ1v) is 9.60. The molecule has 3 nitrogen and oxygen atoms in total. The minimum atomic E-state index is 0.647. The highest BCUT2D eigenvalue weighted by molar-refractivity contribution is 6.04. The summed E-state index contributed by atoms with van der Waals surface area (Å²) in [5, 5.41) is 3.32. The standard InChI is InChI=1S/C26H16N2O/c1-2-7-18(8-3-1)26-28-24-15-12-19-16-20(10-13-21(19)25(24)29-26)23-14-11-17-6-4-5-9-22(17)27-23/h1-16H. The van der Waals surface area contributed by atoms with Gasteiger partial charge in [0.15, 0.2) is 5.58 Å². The van der Waals surface area contributed by atoms with E-state index in [4.69, 9.17) is 9.40 Å². The van der Waals surface area contributed by atoms with Crippen molar-refractivity contribution in [1.29, 1.82) is 0 Å². The van der Waals surface area contributed by atoms with Gasteiger partial charge in [-0.15, -0.1) is 0 Å². The number of hydrogen-bond acceptors (Lipinski definition) is 3. The smallest absolute Gasteiger partial charge is 0.227 e. The number of hydrogen-bond donors (Lipinski definition) is 0. The monoisotopic (exact) mass is 372 g/mol. The molecule has 0 N–H and O–H groups in total. The molecule has 6 rings (SSSR count). The van der Waals surface area contributed by atoms with Gasteiger partial charge >= 0.3 is 0 Å². The molecule has 0 atom stereocenters. The van der Waals surface area contributed by atoms with Crippen molar-refractivity contribution in [3.63, 3.8) is 0 Å². The summed E-state index contributed by atoms with van der Waals surface area (Å²) in [7, 11) is 0. The summed E-state index contributed by atoms with van der Waals surface area (Å²) >= 11 is 0. The molecule has 0 spiro atoms. The van der Waals surface area contributed by atoms with Gasteiger partial charge in [-0.25, -0.2) is 9.97 Å². The first kappa shape index (κ1) is 16.0. The normalized spacial score (nSPS) is 11.4. The quantitative estimate of drug-likeness (QED) is 0.333. The third-order valence-electron chi connectivity index (χ3n) is 5.29. The van der Waals surface area contributed by atoms with Gasteiger partial charge < -0.3 is 4.42 Å². The Morgan fingerprint density at radius 3 is 2.31 bits per heavy atom. The highest BCUT2D eigenvalue weighted by Crippen LogP contribution is 2.32. The molecule has 0 bridgehead atoms. The number of oxazole rings is 1. The average molecular weight is 372 g/mol. The zero-order valence-corrected chi connectivity index (χ0v) is 15.5. The van der Waals surface area contributed by atoms with E-state index < -0.39 is 0 Å². The Balaban J connectivity index is 1.49. The zero-order chi connectivity index (χ0) is 19.2. The van der Waals surface area contributed by atoms with Crippen LogP contribution in [0.2, 0.25) is 0 Å². The van der Waals surface area contributed by atoms with Crippen molar-refractivity contribution in [2.45, 2.75) is 0 Å². The first-order valence-electron chi connectivity index (χ1n) is 9.60. The van der Waals surface area contributed by atoms with Gasteiger partial charge in [0.05, 0.1) is 11.2 Å². The van der Waals surface area contributed by atoms with Crippen LogP contribution in [-0.2, 0) is 0 Å². The van der Waals surface area contributed by atoms with E-state index in [0.717, 1.165) is 49.6 Å². The van der Waals surface area contributed by atoms with Crippen molar-refractivity contribution in [1.82, 2.24) is 9.97 Å². The third kappa shape index (κ3) is 2.67. The summed E-state index contributed by atoms with van der Waals surface area (Å²) in [6.45, 7) is 0. The van der Waals surface area contributed by atoms with Gasteiger partial charge in [0, 0.05) is 21.9 Å². The summed E-state index contributed by atoms with van der Waals surface area (Å²) in [4.78, 5) is 9.49. The molecule has 0 saturated carbocycles. The van der Waals surface area contributed by atoms with Crippen molar-refractivity contribution in [3.8, 4) is 22.7 Å². The molecule has 0 aliphatic rings. The van der Waals surface area contributed by atoms with Crippen LogP contribution < -0.4 is 0 Å². The van der Waals surface area contributed by atoms with Gasteiger partial charge in [-0.05, 0) is 47.9 Å². The maximum atomic E-state index is 6.14. The molecule has 0 aliphatic carbocycles.